The van der Waals surface area contributed by atoms with Crippen LogP contribution in [-0.4, -0.2) is 6.54 Å². The van der Waals surface area contributed by atoms with Gasteiger partial charge in [-0.15, -0.1) is 0 Å². The SMILES string of the molecule is CCCNCc1cc(COc2ccc(Br)cc2Br)oc1C. The molecule has 0 unspecified atom stereocenters. The van der Waals surface area contributed by atoms with Crippen LogP contribution in [0.3, 0.4) is 0 Å². The molecule has 0 aliphatic carbocycles. The van der Waals surface area contributed by atoms with E-state index in [1.165, 1.54) is 5.56 Å². The fraction of sp³-hybridized carbons (Fsp3) is 0.375. The molecule has 1 N–H and O–H groups in total. The van der Waals surface area contributed by atoms with Gasteiger partial charge in [0.1, 0.15) is 23.9 Å². The summed E-state index contributed by atoms with van der Waals surface area (Å²) < 4.78 is 13.5. The first kappa shape index (κ1) is 16.6. The van der Waals surface area contributed by atoms with Crippen molar-refractivity contribution >= 4 is 31.9 Å². The molecule has 5 heteroatoms. The third-order valence-electron chi connectivity index (χ3n) is 3.08. The number of aryl methyl sites for hydroxylation is 1. The van der Waals surface area contributed by atoms with Gasteiger partial charge in [-0.25, -0.2) is 0 Å². The highest BCUT2D eigenvalue weighted by molar-refractivity contribution is 9.11. The predicted octanol–water partition coefficient (Wildman–Crippen LogP) is 5.19. The first-order chi connectivity index (χ1) is 10.1. The fourth-order valence-corrected chi connectivity index (χ4v) is 3.14. The molecule has 1 heterocycles. The molecule has 3 nitrogen and oxygen atoms in total. The van der Waals surface area contributed by atoms with E-state index < -0.39 is 0 Å². The molecule has 0 amide bonds. The highest BCUT2D eigenvalue weighted by Gasteiger charge is 2.09. The lowest BCUT2D eigenvalue weighted by Gasteiger charge is -2.06. The van der Waals surface area contributed by atoms with E-state index in [9.17, 15) is 0 Å². The maximum atomic E-state index is 5.79. The lowest BCUT2D eigenvalue weighted by Crippen LogP contribution is -2.13. The Bertz CT molecular complexity index is 596. The molecule has 0 radical (unpaired) electrons. The molecule has 0 spiro atoms. The van der Waals surface area contributed by atoms with Crippen LogP contribution in [0.1, 0.15) is 30.4 Å². The quantitative estimate of drug-likeness (QED) is 0.630. The summed E-state index contributed by atoms with van der Waals surface area (Å²) in [5, 5.41) is 3.38. The molecule has 0 fully saturated rings. The van der Waals surface area contributed by atoms with E-state index in [2.05, 4.69) is 50.2 Å². The second-order valence-corrected chi connectivity index (χ2v) is 6.60. The van der Waals surface area contributed by atoms with Gasteiger partial charge in [-0.1, -0.05) is 22.9 Å². The Labute approximate surface area is 142 Å². The minimum Gasteiger partial charge on any atom is -0.484 e. The summed E-state index contributed by atoms with van der Waals surface area (Å²) in [4.78, 5) is 0. The van der Waals surface area contributed by atoms with Crippen LogP contribution in [0, 0.1) is 6.92 Å². The molecule has 0 aliphatic heterocycles. The second kappa shape index (κ2) is 8.01. The Morgan fingerprint density at radius 1 is 1.24 bits per heavy atom. The van der Waals surface area contributed by atoms with Gasteiger partial charge in [0.05, 0.1) is 4.47 Å². The molecule has 2 aromatic rings. The van der Waals surface area contributed by atoms with Crippen LogP contribution in [-0.2, 0) is 13.2 Å². The third-order valence-corrected chi connectivity index (χ3v) is 4.19. The smallest absolute Gasteiger partial charge is 0.146 e. The van der Waals surface area contributed by atoms with E-state index in [0.29, 0.717) is 6.61 Å². The lowest BCUT2D eigenvalue weighted by atomic mass is 10.2. The molecular formula is C16H19Br2NO2. The molecule has 0 bridgehead atoms. The molecule has 1 aromatic carbocycles. The average molecular weight is 417 g/mol. The number of benzene rings is 1. The van der Waals surface area contributed by atoms with E-state index in [4.69, 9.17) is 9.15 Å². The lowest BCUT2D eigenvalue weighted by molar-refractivity contribution is 0.266. The van der Waals surface area contributed by atoms with Crippen molar-refractivity contribution in [1.29, 1.82) is 0 Å². The standard InChI is InChI=1S/C16H19Br2NO2/c1-3-6-19-9-12-7-14(21-11(12)2)10-20-16-5-4-13(17)8-15(16)18/h4-5,7-8,19H,3,6,9-10H2,1-2H3. The number of nitrogens with one attached hydrogen (secondary N) is 1. The first-order valence-electron chi connectivity index (χ1n) is 6.97. The number of ether oxygens (including phenoxy) is 1. The average Bonchev–Trinajstić information content (AvgIpc) is 2.79. The van der Waals surface area contributed by atoms with Crippen LogP contribution in [0.25, 0.3) is 0 Å². The highest BCUT2D eigenvalue weighted by atomic mass is 79.9. The van der Waals surface area contributed by atoms with Crippen molar-refractivity contribution in [1.82, 2.24) is 5.32 Å². The fourth-order valence-electron chi connectivity index (χ4n) is 1.98. The van der Waals surface area contributed by atoms with Gasteiger partial charge in [-0.2, -0.15) is 0 Å². The zero-order valence-corrected chi connectivity index (χ0v) is 15.4. The summed E-state index contributed by atoms with van der Waals surface area (Å²) >= 11 is 6.91. The van der Waals surface area contributed by atoms with E-state index in [1.807, 2.05) is 25.1 Å². The normalized spacial score (nSPS) is 10.9. The summed E-state index contributed by atoms with van der Waals surface area (Å²) in [6.45, 7) is 6.43. The zero-order valence-electron chi connectivity index (χ0n) is 12.2. The second-order valence-electron chi connectivity index (χ2n) is 4.83. The number of hydrogen-bond acceptors (Lipinski definition) is 3. The van der Waals surface area contributed by atoms with Crippen LogP contribution >= 0.6 is 31.9 Å². The molecule has 0 saturated heterocycles. The summed E-state index contributed by atoms with van der Waals surface area (Å²) in [6, 6.07) is 7.90. The maximum Gasteiger partial charge on any atom is 0.146 e. The molecular weight excluding hydrogens is 398 g/mol. The van der Waals surface area contributed by atoms with Crippen molar-refractivity contribution < 1.29 is 9.15 Å². The Hall–Kier alpha value is -0.780. The Kier molecular flexibility index (Phi) is 6.33. The Morgan fingerprint density at radius 2 is 2.05 bits per heavy atom. The van der Waals surface area contributed by atoms with Crippen molar-refractivity contribution in [3.05, 3.63) is 50.3 Å². The van der Waals surface area contributed by atoms with E-state index in [0.717, 1.165) is 45.7 Å². The van der Waals surface area contributed by atoms with Crippen molar-refractivity contribution in [2.24, 2.45) is 0 Å². The Balaban J connectivity index is 1.95. The summed E-state index contributed by atoms with van der Waals surface area (Å²) in [6.07, 6.45) is 1.13. The highest BCUT2D eigenvalue weighted by Crippen LogP contribution is 2.29. The molecule has 1 aromatic heterocycles. The van der Waals surface area contributed by atoms with Gasteiger partial charge in [0.15, 0.2) is 0 Å². The van der Waals surface area contributed by atoms with Gasteiger partial charge in [0.2, 0.25) is 0 Å². The van der Waals surface area contributed by atoms with Gasteiger partial charge >= 0.3 is 0 Å². The molecule has 0 aliphatic rings. The number of rotatable bonds is 7. The van der Waals surface area contributed by atoms with Crippen molar-refractivity contribution in [2.75, 3.05) is 6.54 Å². The predicted molar refractivity (Wildman–Crippen MR) is 91.6 cm³/mol. The topological polar surface area (TPSA) is 34.4 Å². The van der Waals surface area contributed by atoms with Crippen LogP contribution in [0.4, 0.5) is 0 Å². The van der Waals surface area contributed by atoms with E-state index in [1.54, 1.807) is 0 Å². The van der Waals surface area contributed by atoms with Crippen LogP contribution < -0.4 is 10.1 Å². The molecule has 2 rings (SSSR count). The van der Waals surface area contributed by atoms with Crippen LogP contribution in [0.5, 0.6) is 5.75 Å². The zero-order chi connectivity index (χ0) is 15.2. The summed E-state index contributed by atoms with van der Waals surface area (Å²) in [7, 11) is 0. The van der Waals surface area contributed by atoms with Gasteiger partial charge in [0.25, 0.3) is 0 Å². The maximum absolute atomic E-state index is 5.79. The van der Waals surface area contributed by atoms with Gasteiger partial charge in [-0.05, 0) is 60.1 Å². The molecule has 0 saturated carbocycles. The number of hydrogen-bond donors (Lipinski definition) is 1. The summed E-state index contributed by atoms with van der Waals surface area (Å²) in [5.74, 6) is 2.60. The summed E-state index contributed by atoms with van der Waals surface area (Å²) in [5.41, 5.74) is 1.19. The van der Waals surface area contributed by atoms with E-state index in [-0.39, 0.29) is 0 Å². The van der Waals surface area contributed by atoms with Crippen molar-refractivity contribution in [3.8, 4) is 5.75 Å². The number of furan rings is 1. The van der Waals surface area contributed by atoms with Gasteiger partial charge in [0, 0.05) is 16.6 Å². The number of halogens is 2. The van der Waals surface area contributed by atoms with Crippen LogP contribution in [0.2, 0.25) is 0 Å². The largest absolute Gasteiger partial charge is 0.484 e. The van der Waals surface area contributed by atoms with Crippen LogP contribution in [0.15, 0.2) is 37.6 Å². The minimum absolute atomic E-state index is 0.425. The van der Waals surface area contributed by atoms with Gasteiger partial charge < -0.3 is 14.5 Å². The van der Waals surface area contributed by atoms with Crippen molar-refractivity contribution in [3.63, 3.8) is 0 Å². The third kappa shape index (κ3) is 4.87. The van der Waals surface area contributed by atoms with Gasteiger partial charge in [-0.3, -0.25) is 0 Å². The molecule has 114 valence electrons. The van der Waals surface area contributed by atoms with Crippen molar-refractivity contribution in [2.45, 2.75) is 33.4 Å². The minimum atomic E-state index is 0.425. The van der Waals surface area contributed by atoms with E-state index >= 15 is 0 Å². The molecule has 21 heavy (non-hydrogen) atoms. The first-order valence-corrected chi connectivity index (χ1v) is 8.55. The molecule has 0 atom stereocenters. The monoisotopic (exact) mass is 415 g/mol. The Morgan fingerprint density at radius 3 is 2.76 bits per heavy atom.